The molecule has 0 radical (unpaired) electrons. The molecule has 0 heterocycles. The highest BCUT2D eigenvalue weighted by molar-refractivity contribution is 5.94. The van der Waals surface area contributed by atoms with E-state index >= 15 is 0 Å². The number of carbonyl (C=O) groups excluding carboxylic acids is 2. The van der Waals surface area contributed by atoms with Crippen LogP contribution in [0.5, 0.6) is 0 Å². The lowest BCUT2D eigenvalue weighted by molar-refractivity contribution is -0.141. The molecule has 1 aromatic carbocycles. The molecule has 0 aliphatic heterocycles. The fourth-order valence-corrected chi connectivity index (χ4v) is 1.40. The van der Waals surface area contributed by atoms with Gasteiger partial charge in [0.1, 0.15) is 6.04 Å². The molecule has 2 N–H and O–H groups in total. The van der Waals surface area contributed by atoms with Gasteiger partial charge in [0.25, 0.3) is 0 Å². The summed E-state index contributed by atoms with van der Waals surface area (Å²) in [6.07, 6.45) is 0.0931. The third kappa shape index (κ3) is 4.01. The third-order valence-corrected chi connectivity index (χ3v) is 2.47. The van der Waals surface area contributed by atoms with E-state index in [0.717, 1.165) is 5.56 Å². The molecule has 0 saturated carbocycles. The molecule has 0 spiro atoms. The molecule has 1 aromatic rings. The zero-order valence-corrected chi connectivity index (χ0v) is 10.3. The SMILES string of the molecule is CC(=O)c1ccc(CC(=O)NC(C)C(=O)O)cc1. The standard InChI is InChI=1S/C13H15NO4/c1-8(13(17)18)14-12(16)7-10-3-5-11(6-4-10)9(2)15/h3-6,8H,7H2,1-2H3,(H,14,16)(H,17,18). The van der Waals surface area contributed by atoms with Gasteiger partial charge in [-0.1, -0.05) is 24.3 Å². The van der Waals surface area contributed by atoms with E-state index in [0.29, 0.717) is 5.56 Å². The lowest BCUT2D eigenvalue weighted by atomic mass is 10.1. The number of Topliss-reactive ketones (excluding diaryl/α,β-unsaturated/α-hetero) is 1. The molecule has 0 aliphatic carbocycles. The van der Waals surface area contributed by atoms with Crippen molar-refractivity contribution in [1.29, 1.82) is 0 Å². The monoisotopic (exact) mass is 249 g/mol. The van der Waals surface area contributed by atoms with Crippen LogP contribution < -0.4 is 5.32 Å². The van der Waals surface area contributed by atoms with Crippen LogP contribution in [0.3, 0.4) is 0 Å². The molecule has 0 fully saturated rings. The first-order valence-corrected chi connectivity index (χ1v) is 5.52. The molecule has 0 aliphatic rings. The Bertz CT molecular complexity index is 464. The predicted molar refractivity (Wildman–Crippen MR) is 65.4 cm³/mol. The average molecular weight is 249 g/mol. The molecule has 5 nitrogen and oxygen atoms in total. The van der Waals surface area contributed by atoms with E-state index in [2.05, 4.69) is 5.32 Å². The van der Waals surface area contributed by atoms with Gasteiger partial charge in [-0.25, -0.2) is 0 Å². The van der Waals surface area contributed by atoms with Gasteiger partial charge < -0.3 is 10.4 Å². The first-order valence-electron chi connectivity index (χ1n) is 5.52. The first kappa shape index (κ1) is 13.9. The van der Waals surface area contributed by atoms with E-state index in [1.54, 1.807) is 24.3 Å². The Morgan fingerprint density at radius 1 is 1.22 bits per heavy atom. The summed E-state index contributed by atoms with van der Waals surface area (Å²) < 4.78 is 0. The van der Waals surface area contributed by atoms with Crippen LogP contribution in [0.4, 0.5) is 0 Å². The molecule has 0 bridgehead atoms. The van der Waals surface area contributed by atoms with Gasteiger partial charge >= 0.3 is 5.97 Å². The highest BCUT2D eigenvalue weighted by Gasteiger charge is 2.13. The normalized spacial score (nSPS) is 11.7. The zero-order chi connectivity index (χ0) is 13.7. The molecule has 0 saturated heterocycles. The number of carboxylic acid groups (broad SMARTS) is 1. The summed E-state index contributed by atoms with van der Waals surface area (Å²) in [5.74, 6) is -1.47. The zero-order valence-electron chi connectivity index (χ0n) is 10.3. The first-order chi connectivity index (χ1) is 8.40. The fraction of sp³-hybridized carbons (Fsp3) is 0.308. The van der Waals surface area contributed by atoms with Crippen molar-refractivity contribution in [3.05, 3.63) is 35.4 Å². The van der Waals surface area contributed by atoms with Crippen LogP contribution in [0.2, 0.25) is 0 Å². The molecule has 96 valence electrons. The summed E-state index contributed by atoms with van der Waals surface area (Å²) >= 11 is 0. The number of carboxylic acids is 1. The average Bonchev–Trinajstić information content (AvgIpc) is 2.29. The minimum Gasteiger partial charge on any atom is -0.480 e. The van der Waals surface area contributed by atoms with Crippen molar-refractivity contribution in [3.8, 4) is 0 Å². The minimum absolute atomic E-state index is 0.0366. The van der Waals surface area contributed by atoms with Gasteiger partial charge in [0, 0.05) is 5.56 Å². The van der Waals surface area contributed by atoms with Gasteiger partial charge in [-0.2, -0.15) is 0 Å². The van der Waals surface area contributed by atoms with Crippen molar-refractivity contribution in [3.63, 3.8) is 0 Å². The lowest BCUT2D eigenvalue weighted by Crippen LogP contribution is -2.39. The van der Waals surface area contributed by atoms with Crippen LogP contribution >= 0.6 is 0 Å². The smallest absolute Gasteiger partial charge is 0.325 e. The molecular formula is C13H15NO4. The maximum atomic E-state index is 11.5. The van der Waals surface area contributed by atoms with Crippen LogP contribution in [-0.2, 0) is 16.0 Å². The fourth-order valence-electron chi connectivity index (χ4n) is 1.40. The Balaban J connectivity index is 2.60. The van der Waals surface area contributed by atoms with Gasteiger partial charge in [-0.05, 0) is 19.4 Å². The predicted octanol–water partition coefficient (Wildman–Crippen LogP) is 1.02. The van der Waals surface area contributed by atoms with Crippen molar-refractivity contribution in [2.24, 2.45) is 0 Å². The Morgan fingerprint density at radius 2 is 1.78 bits per heavy atom. The van der Waals surface area contributed by atoms with Crippen molar-refractivity contribution in [2.45, 2.75) is 26.3 Å². The summed E-state index contributed by atoms with van der Waals surface area (Å²) in [6.45, 7) is 2.87. The maximum absolute atomic E-state index is 11.5. The number of hydrogen-bond donors (Lipinski definition) is 2. The number of carbonyl (C=O) groups is 3. The highest BCUT2D eigenvalue weighted by atomic mass is 16.4. The second-order valence-electron chi connectivity index (χ2n) is 4.06. The van der Waals surface area contributed by atoms with E-state index in [1.165, 1.54) is 13.8 Å². The van der Waals surface area contributed by atoms with E-state index in [1.807, 2.05) is 0 Å². The largest absolute Gasteiger partial charge is 0.480 e. The van der Waals surface area contributed by atoms with Crippen LogP contribution in [0.15, 0.2) is 24.3 Å². The molecule has 1 amide bonds. The topological polar surface area (TPSA) is 83.5 Å². The number of nitrogens with one attached hydrogen (secondary N) is 1. The Kier molecular flexibility index (Phi) is 4.59. The minimum atomic E-state index is -1.07. The number of benzene rings is 1. The number of aliphatic carboxylic acids is 1. The maximum Gasteiger partial charge on any atom is 0.325 e. The van der Waals surface area contributed by atoms with Gasteiger partial charge in [0.2, 0.25) is 5.91 Å². The van der Waals surface area contributed by atoms with Crippen LogP contribution in [0.1, 0.15) is 29.8 Å². The van der Waals surface area contributed by atoms with Crippen molar-refractivity contribution < 1.29 is 19.5 Å². The molecule has 1 atom stereocenters. The molecule has 1 unspecified atom stereocenters. The lowest BCUT2D eigenvalue weighted by Gasteiger charge is -2.09. The summed E-state index contributed by atoms with van der Waals surface area (Å²) in [4.78, 5) is 33.1. The Labute approximate surface area is 105 Å². The third-order valence-electron chi connectivity index (χ3n) is 2.47. The quantitative estimate of drug-likeness (QED) is 0.763. The van der Waals surface area contributed by atoms with Crippen LogP contribution in [0.25, 0.3) is 0 Å². The Morgan fingerprint density at radius 3 is 2.22 bits per heavy atom. The van der Waals surface area contributed by atoms with Gasteiger partial charge in [-0.15, -0.1) is 0 Å². The van der Waals surface area contributed by atoms with Gasteiger partial charge in [0.15, 0.2) is 5.78 Å². The number of amides is 1. The summed E-state index contributed by atoms with van der Waals surface area (Å²) in [6, 6.07) is 5.75. The number of hydrogen-bond acceptors (Lipinski definition) is 3. The summed E-state index contributed by atoms with van der Waals surface area (Å²) in [5.41, 5.74) is 1.31. The van der Waals surface area contributed by atoms with Crippen molar-refractivity contribution >= 4 is 17.7 Å². The highest BCUT2D eigenvalue weighted by Crippen LogP contribution is 2.06. The van der Waals surface area contributed by atoms with Gasteiger partial charge in [0.05, 0.1) is 6.42 Å². The number of ketones is 1. The summed E-state index contributed by atoms with van der Waals surface area (Å²) in [7, 11) is 0. The summed E-state index contributed by atoms with van der Waals surface area (Å²) in [5, 5.41) is 11.0. The van der Waals surface area contributed by atoms with E-state index in [9.17, 15) is 14.4 Å². The Hall–Kier alpha value is -2.17. The van der Waals surface area contributed by atoms with E-state index in [-0.39, 0.29) is 18.1 Å². The molecule has 0 aromatic heterocycles. The second-order valence-corrected chi connectivity index (χ2v) is 4.06. The molecular weight excluding hydrogens is 234 g/mol. The van der Waals surface area contributed by atoms with Gasteiger partial charge in [-0.3, -0.25) is 14.4 Å². The van der Waals surface area contributed by atoms with E-state index < -0.39 is 12.0 Å². The van der Waals surface area contributed by atoms with Crippen molar-refractivity contribution in [2.75, 3.05) is 0 Å². The van der Waals surface area contributed by atoms with Crippen LogP contribution in [0, 0.1) is 0 Å². The van der Waals surface area contributed by atoms with E-state index in [4.69, 9.17) is 5.11 Å². The number of rotatable bonds is 5. The van der Waals surface area contributed by atoms with Crippen molar-refractivity contribution in [1.82, 2.24) is 5.32 Å². The second kappa shape index (κ2) is 5.95. The molecule has 18 heavy (non-hydrogen) atoms. The van der Waals surface area contributed by atoms with Crippen LogP contribution in [-0.4, -0.2) is 28.8 Å². The molecule has 5 heteroatoms. The molecule has 1 rings (SSSR count).